The second-order valence-electron chi connectivity index (χ2n) is 6.92. The summed E-state index contributed by atoms with van der Waals surface area (Å²) in [6.07, 6.45) is 0.207. The maximum absolute atomic E-state index is 12.4. The van der Waals surface area contributed by atoms with Gasteiger partial charge in [0.15, 0.2) is 14.1 Å². The molecule has 0 aromatic heterocycles. The van der Waals surface area contributed by atoms with Crippen molar-refractivity contribution in [2.24, 2.45) is 0 Å². The van der Waals surface area contributed by atoms with Gasteiger partial charge in [-0.25, -0.2) is 9.59 Å². The molecule has 0 saturated heterocycles. The normalized spacial score (nSPS) is 13.0. The number of hydrogen-bond donors (Lipinski definition) is 0. The fourth-order valence-corrected chi connectivity index (χ4v) is 2.91. The van der Waals surface area contributed by atoms with Crippen LogP contribution >= 0.6 is 0 Å². The van der Waals surface area contributed by atoms with Crippen molar-refractivity contribution in [1.29, 1.82) is 0 Å². The Labute approximate surface area is 145 Å². The van der Waals surface area contributed by atoms with E-state index in [2.05, 4.69) is 20.8 Å². The summed E-state index contributed by atoms with van der Waals surface area (Å²) < 4.78 is 15.6. The molecule has 0 spiro atoms. The van der Waals surface area contributed by atoms with Gasteiger partial charge in [0.1, 0.15) is 11.7 Å². The van der Waals surface area contributed by atoms with Crippen molar-refractivity contribution in [2.75, 3.05) is 13.2 Å². The summed E-state index contributed by atoms with van der Waals surface area (Å²) in [5.74, 6) is -2.21. The van der Waals surface area contributed by atoms with Crippen molar-refractivity contribution >= 4 is 26.0 Å². The van der Waals surface area contributed by atoms with Crippen molar-refractivity contribution in [2.45, 2.75) is 65.8 Å². The molecule has 7 heteroatoms. The lowest BCUT2D eigenvalue weighted by Crippen LogP contribution is -2.45. The van der Waals surface area contributed by atoms with Crippen LogP contribution in [-0.2, 0) is 28.3 Å². The third kappa shape index (κ3) is 6.57. The van der Waals surface area contributed by atoms with E-state index in [1.807, 2.05) is 13.1 Å². The molecule has 0 aliphatic carbocycles. The minimum Gasteiger partial charge on any atom is -0.462 e. The third-order valence-electron chi connectivity index (χ3n) is 3.96. The minimum atomic E-state index is -2.15. The van der Waals surface area contributed by atoms with E-state index < -0.39 is 37.7 Å². The molecule has 0 aliphatic rings. The van der Waals surface area contributed by atoms with Gasteiger partial charge in [-0.05, 0) is 38.9 Å². The van der Waals surface area contributed by atoms with Gasteiger partial charge in [0.05, 0.1) is 13.2 Å². The first-order valence-corrected chi connectivity index (χ1v) is 11.1. The minimum absolute atomic E-state index is 0.0592. The van der Waals surface area contributed by atoms with E-state index >= 15 is 0 Å². The number of hydrogen-bond acceptors (Lipinski definition) is 6. The van der Waals surface area contributed by atoms with Gasteiger partial charge in [-0.2, -0.15) is 0 Å². The van der Waals surface area contributed by atoms with Crippen LogP contribution in [0.1, 0.15) is 41.5 Å². The van der Waals surface area contributed by atoms with Crippen LogP contribution in [0.3, 0.4) is 0 Å². The summed E-state index contributed by atoms with van der Waals surface area (Å²) >= 11 is 0. The molecule has 0 rings (SSSR count). The average Bonchev–Trinajstić information content (AvgIpc) is 2.42. The van der Waals surface area contributed by atoms with Crippen LogP contribution in [0.15, 0.2) is 11.6 Å². The van der Waals surface area contributed by atoms with E-state index in [0.717, 1.165) is 6.08 Å². The summed E-state index contributed by atoms with van der Waals surface area (Å²) in [4.78, 5) is 36.2. The molecule has 0 saturated carbocycles. The van der Waals surface area contributed by atoms with Crippen LogP contribution in [0.5, 0.6) is 0 Å². The van der Waals surface area contributed by atoms with Gasteiger partial charge < -0.3 is 13.9 Å². The summed E-state index contributed by atoms with van der Waals surface area (Å²) in [6, 6.07) is 0. The standard InChI is InChI=1S/C17H30O6Si/c1-9-21-15(19)13(16(20)22-10-2)11-14(18)12(3)23-24(7,8)17(4,5)6/h11-12H,9-10H2,1-8H3/t12-/m0/s1. The van der Waals surface area contributed by atoms with Gasteiger partial charge in [0, 0.05) is 6.08 Å². The van der Waals surface area contributed by atoms with Gasteiger partial charge in [0.25, 0.3) is 0 Å². The van der Waals surface area contributed by atoms with E-state index in [9.17, 15) is 14.4 Å². The molecule has 24 heavy (non-hydrogen) atoms. The average molecular weight is 359 g/mol. The Morgan fingerprint density at radius 1 is 1.00 bits per heavy atom. The Kier molecular flexibility index (Phi) is 8.57. The Morgan fingerprint density at radius 2 is 1.42 bits per heavy atom. The zero-order valence-corrected chi connectivity index (χ0v) is 17.0. The second kappa shape index (κ2) is 9.13. The first kappa shape index (κ1) is 22.5. The van der Waals surface area contributed by atoms with Gasteiger partial charge in [0.2, 0.25) is 0 Å². The Hall–Kier alpha value is -1.47. The Morgan fingerprint density at radius 3 is 1.75 bits per heavy atom. The highest BCUT2D eigenvalue weighted by Gasteiger charge is 2.39. The molecule has 1 atom stereocenters. The van der Waals surface area contributed by atoms with E-state index in [1.54, 1.807) is 20.8 Å². The second-order valence-corrected chi connectivity index (χ2v) is 11.7. The molecule has 138 valence electrons. The number of carbonyl (C=O) groups excluding carboxylic acids is 3. The van der Waals surface area contributed by atoms with E-state index in [1.165, 1.54) is 0 Å². The van der Waals surface area contributed by atoms with Gasteiger partial charge in [-0.3, -0.25) is 4.79 Å². The zero-order valence-electron chi connectivity index (χ0n) is 16.0. The van der Waals surface area contributed by atoms with E-state index in [4.69, 9.17) is 13.9 Å². The molecule has 6 nitrogen and oxygen atoms in total. The van der Waals surface area contributed by atoms with Crippen molar-refractivity contribution < 1.29 is 28.3 Å². The molecule has 0 amide bonds. The lowest BCUT2D eigenvalue weighted by molar-refractivity contribution is -0.147. The van der Waals surface area contributed by atoms with Crippen molar-refractivity contribution in [3.05, 3.63) is 11.6 Å². The number of ketones is 1. The van der Waals surface area contributed by atoms with Crippen LogP contribution in [0.2, 0.25) is 18.1 Å². The molecule has 0 unspecified atom stereocenters. The molecule has 0 fully saturated rings. The number of carbonyl (C=O) groups is 3. The fraction of sp³-hybridized carbons (Fsp3) is 0.706. The largest absolute Gasteiger partial charge is 0.462 e. The predicted octanol–water partition coefficient (Wildman–Crippen LogP) is 3.02. The van der Waals surface area contributed by atoms with Crippen molar-refractivity contribution in [1.82, 2.24) is 0 Å². The Balaban J connectivity index is 5.36. The van der Waals surface area contributed by atoms with Crippen LogP contribution < -0.4 is 0 Å². The fourth-order valence-electron chi connectivity index (χ4n) is 1.56. The maximum Gasteiger partial charge on any atom is 0.345 e. The van der Waals surface area contributed by atoms with Crippen LogP contribution in [0.4, 0.5) is 0 Å². The molecule has 0 aromatic rings. The van der Waals surface area contributed by atoms with Crippen molar-refractivity contribution in [3.8, 4) is 0 Å². The highest BCUT2D eigenvalue weighted by Crippen LogP contribution is 2.37. The summed E-state index contributed by atoms with van der Waals surface area (Å²) in [6.45, 7) is 15.3. The highest BCUT2D eigenvalue weighted by molar-refractivity contribution is 6.74. The molecular weight excluding hydrogens is 328 g/mol. The zero-order chi connectivity index (χ0) is 19.1. The molecule has 0 aliphatic heterocycles. The first-order valence-electron chi connectivity index (χ1n) is 8.15. The lowest BCUT2D eigenvalue weighted by Gasteiger charge is -2.37. The van der Waals surface area contributed by atoms with E-state index in [-0.39, 0.29) is 18.3 Å². The number of esters is 2. The molecule has 0 N–H and O–H groups in total. The van der Waals surface area contributed by atoms with Crippen molar-refractivity contribution in [3.63, 3.8) is 0 Å². The first-order chi connectivity index (χ1) is 10.9. The van der Waals surface area contributed by atoms with Gasteiger partial charge in [-0.15, -0.1) is 0 Å². The molecule has 0 radical (unpaired) electrons. The van der Waals surface area contributed by atoms with Gasteiger partial charge in [-0.1, -0.05) is 20.8 Å². The van der Waals surface area contributed by atoms with Crippen LogP contribution in [0.25, 0.3) is 0 Å². The number of rotatable bonds is 8. The van der Waals surface area contributed by atoms with Crippen LogP contribution in [-0.4, -0.2) is 45.4 Å². The Bertz CT molecular complexity index is 482. The van der Waals surface area contributed by atoms with Crippen LogP contribution in [0, 0.1) is 0 Å². The molecule has 0 heterocycles. The quantitative estimate of drug-likeness (QED) is 0.218. The summed E-state index contributed by atoms with van der Waals surface area (Å²) in [5.41, 5.74) is -0.408. The SMILES string of the molecule is CCOC(=O)C(=CC(=O)[C@H](C)O[Si](C)(C)C(C)(C)C)C(=O)OCC. The lowest BCUT2D eigenvalue weighted by atomic mass is 10.1. The highest BCUT2D eigenvalue weighted by atomic mass is 28.4. The monoisotopic (exact) mass is 358 g/mol. The molecule has 0 aromatic carbocycles. The molecule has 0 bridgehead atoms. The van der Waals surface area contributed by atoms with E-state index in [0.29, 0.717) is 0 Å². The number of ether oxygens (including phenoxy) is 2. The third-order valence-corrected chi connectivity index (χ3v) is 8.51. The smallest absolute Gasteiger partial charge is 0.345 e. The topological polar surface area (TPSA) is 78.9 Å². The summed E-state index contributed by atoms with van der Waals surface area (Å²) in [7, 11) is -2.15. The van der Waals surface area contributed by atoms with Gasteiger partial charge >= 0.3 is 11.9 Å². The molecular formula is C17H30O6Si. The maximum atomic E-state index is 12.4. The predicted molar refractivity (Wildman–Crippen MR) is 94.1 cm³/mol. The summed E-state index contributed by atoms with van der Waals surface area (Å²) in [5, 5.41) is -0.0592.